The largest absolute Gasteiger partial charge is 0.432 e. The summed E-state index contributed by atoms with van der Waals surface area (Å²) in [6.45, 7) is -0.839. The van der Waals surface area contributed by atoms with Gasteiger partial charge in [-0.3, -0.25) is 0 Å². The highest BCUT2D eigenvalue weighted by Gasteiger charge is 2.24. The van der Waals surface area contributed by atoms with Gasteiger partial charge in [-0.15, -0.1) is 0 Å². The molecule has 0 atom stereocenters. The normalized spacial score (nSPS) is 22.4. The number of nitrogen functional groups attached to an aromatic ring is 1. The van der Waals surface area contributed by atoms with Crippen LogP contribution in [0.1, 0.15) is 32.6 Å². The van der Waals surface area contributed by atoms with E-state index in [1.807, 2.05) is 11.9 Å². The van der Waals surface area contributed by atoms with E-state index in [1.54, 1.807) is 0 Å². The van der Waals surface area contributed by atoms with Gasteiger partial charge in [-0.25, -0.2) is 4.39 Å². The zero-order chi connectivity index (χ0) is 15.6. The Kier molecular flexibility index (Phi) is 4.85. The molecular formula is C15H21F3N2O. The zero-order valence-electron chi connectivity index (χ0n) is 12.3. The molecule has 6 heteroatoms. The molecule has 0 bridgehead atoms. The minimum absolute atomic E-state index is 0.232. The SMILES string of the molecule is CC1CCC(N(C)c2cc(OC(F)F)c(F)cc2N)CC1. The monoisotopic (exact) mass is 302 g/mol. The second-order valence-corrected chi connectivity index (χ2v) is 5.74. The number of ether oxygens (including phenoxy) is 1. The lowest BCUT2D eigenvalue weighted by Gasteiger charge is -2.35. The Morgan fingerprint density at radius 1 is 1.24 bits per heavy atom. The van der Waals surface area contributed by atoms with Crippen molar-refractivity contribution in [3.05, 3.63) is 17.9 Å². The van der Waals surface area contributed by atoms with Gasteiger partial charge in [0.2, 0.25) is 0 Å². The minimum atomic E-state index is -3.06. The van der Waals surface area contributed by atoms with Crippen LogP contribution in [0.25, 0.3) is 0 Å². The summed E-state index contributed by atoms with van der Waals surface area (Å²) in [5, 5.41) is 0. The fourth-order valence-electron chi connectivity index (χ4n) is 2.88. The molecule has 0 aromatic heterocycles. The highest BCUT2D eigenvalue weighted by molar-refractivity contribution is 5.70. The van der Waals surface area contributed by atoms with Crippen molar-refractivity contribution in [3.8, 4) is 5.75 Å². The number of hydrogen-bond donors (Lipinski definition) is 1. The predicted octanol–water partition coefficient (Wildman–Crippen LogP) is 4.02. The van der Waals surface area contributed by atoms with E-state index >= 15 is 0 Å². The summed E-state index contributed by atoms with van der Waals surface area (Å²) >= 11 is 0. The standard InChI is InChI=1S/C15H21F3N2O/c1-9-3-5-10(6-4-9)20(2)13-8-14(21-15(17)18)11(16)7-12(13)19/h7-10,15H,3-6,19H2,1-2H3. The first-order valence-electron chi connectivity index (χ1n) is 7.15. The Labute approximate surface area is 122 Å². The number of rotatable bonds is 4. The van der Waals surface area contributed by atoms with Gasteiger partial charge in [0.05, 0.1) is 11.4 Å². The third-order valence-electron chi connectivity index (χ3n) is 4.21. The van der Waals surface area contributed by atoms with Gasteiger partial charge in [0.1, 0.15) is 0 Å². The van der Waals surface area contributed by atoms with Gasteiger partial charge >= 0.3 is 6.61 Å². The van der Waals surface area contributed by atoms with E-state index in [2.05, 4.69) is 11.7 Å². The molecule has 1 aliphatic carbocycles. The van der Waals surface area contributed by atoms with E-state index in [9.17, 15) is 13.2 Å². The van der Waals surface area contributed by atoms with Crippen LogP contribution in [0.4, 0.5) is 24.5 Å². The molecule has 2 rings (SSSR count). The van der Waals surface area contributed by atoms with Crippen molar-refractivity contribution in [1.29, 1.82) is 0 Å². The van der Waals surface area contributed by atoms with Gasteiger partial charge in [0.25, 0.3) is 0 Å². The van der Waals surface area contributed by atoms with Crippen LogP contribution < -0.4 is 15.4 Å². The van der Waals surface area contributed by atoms with Gasteiger partial charge in [-0.1, -0.05) is 6.92 Å². The minimum Gasteiger partial charge on any atom is -0.432 e. The highest BCUT2D eigenvalue weighted by atomic mass is 19.3. The summed E-state index contributed by atoms with van der Waals surface area (Å²) in [6, 6.07) is 2.58. The Morgan fingerprint density at radius 2 is 1.86 bits per heavy atom. The van der Waals surface area contributed by atoms with Crippen molar-refractivity contribution in [2.75, 3.05) is 17.7 Å². The van der Waals surface area contributed by atoms with E-state index in [4.69, 9.17) is 5.73 Å². The smallest absolute Gasteiger partial charge is 0.387 e. The molecule has 0 spiro atoms. The zero-order valence-corrected chi connectivity index (χ0v) is 12.3. The van der Waals surface area contributed by atoms with Crippen molar-refractivity contribution >= 4 is 11.4 Å². The van der Waals surface area contributed by atoms with E-state index in [1.165, 1.54) is 6.07 Å². The number of hydrogen-bond acceptors (Lipinski definition) is 3. The van der Waals surface area contributed by atoms with Crippen molar-refractivity contribution in [2.24, 2.45) is 5.92 Å². The van der Waals surface area contributed by atoms with Gasteiger partial charge in [0, 0.05) is 25.2 Å². The maximum absolute atomic E-state index is 13.6. The lowest BCUT2D eigenvalue weighted by molar-refractivity contribution is -0.0521. The van der Waals surface area contributed by atoms with Crippen LogP contribution in [-0.2, 0) is 0 Å². The van der Waals surface area contributed by atoms with Crippen LogP contribution in [0, 0.1) is 11.7 Å². The van der Waals surface area contributed by atoms with E-state index < -0.39 is 18.2 Å². The van der Waals surface area contributed by atoms with Crippen molar-refractivity contribution in [3.63, 3.8) is 0 Å². The number of halogens is 3. The van der Waals surface area contributed by atoms with Gasteiger partial charge in [0.15, 0.2) is 11.6 Å². The summed E-state index contributed by atoms with van der Waals surface area (Å²) in [5.41, 5.74) is 6.60. The molecule has 0 unspecified atom stereocenters. The second kappa shape index (κ2) is 6.45. The molecule has 0 saturated heterocycles. The van der Waals surface area contributed by atoms with Crippen LogP contribution in [0.15, 0.2) is 12.1 Å². The summed E-state index contributed by atoms with van der Waals surface area (Å²) in [4.78, 5) is 1.94. The van der Waals surface area contributed by atoms with Crippen molar-refractivity contribution in [1.82, 2.24) is 0 Å². The lowest BCUT2D eigenvalue weighted by atomic mass is 9.86. The summed E-state index contributed by atoms with van der Waals surface area (Å²) < 4.78 is 42.4. The highest BCUT2D eigenvalue weighted by Crippen LogP contribution is 2.35. The summed E-state index contributed by atoms with van der Waals surface area (Å²) in [7, 11) is 1.86. The molecule has 3 nitrogen and oxygen atoms in total. The average Bonchev–Trinajstić information content (AvgIpc) is 2.41. The summed E-state index contributed by atoms with van der Waals surface area (Å²) in [5.74, 6) is -0.634. The first-order valence-corrected chi connectivity index (χ1v) is 7.15. The molecule has 0 aliphatic heterocycles. The van der Waals surface area contributed by atoms with Crippen molar-refractivity contribution < 1.29 is 17.9 Å². The Hall–Kier alpha value is -1.59. The van der Waals surface area contributed by atoms with Crippen LogP contribution in [0.3, 0.4) is 0 Å². The molecule has 2 N–H and O–H groups in total. The van der Waals surface area contributed by atoms with E-state index in [-0.39, 0.29) is 11.7 Å². The van der Waals surface area contributed by atoms with Crippen LogP contribution in [-0.4, -0.2) is 19.7 Å². The number of nitrogens with two attached hydrogens (primary N) is 1. The van der Waals surface area contributed by atoms with Crippen LogP contribution >= 0.6 is 0 Å². The summed E-state index contributed by atoms with van der Waals surface area (Å²) in [6.07, 6.45) is 4.27. The third-order valence-corrected chi connectivity index (χ3v) is 4.21. The molecule has 1 aromatic rings. The molecule has 1 fully saturated rings. The van der Waals surface area contributed by atoms with Crippen molar-refractivity contribution in [2.45, 2.75) is 45.3 Å². The molecule has 0 amide bonds. The van der Waals surface area contributed by atoms with E-state index in [0.717, 1.165) is 31.7 Å². The Morgan fingerprint density at radius 3 is 2.43 bits per heavy atom. The molecule has 21 heavy (non-hydrogen) atoms. The maximum Gasteiger partial charge on any atom is 0.387 e. The molecule has 118 valence electrons. The van der Waals surface area contributed by atoms with Gasteiger partial charge in [-0.05, 0) is 31.6 Å². The van der Waals surface area contributed by atoms with Gasteiger partial charge < -0.3 is 15.4 Å². The Bertz CT molecular complexity index is 488. The number of anilines is 2. The first-order chi connectivity index (χ1) is 9.88. The average molecular weight is 302 g/mol. The number of nitrogens with zero attached hydrogens (tertiary/aromatic N) is 1. The molecular weight excluding hydrogens is 281 g/mol. The number of benzene rings is 1. The van der Waals surface area contributed by atoms with Gasteiger partial charge in [-0.2, -0.15) is 8.78 Å². The van der Waals surface area contributed by atoms with E-state index in [0.29, 0.717) is 11.6 Å². The fourth-order valence-corrected chi connectivity index (χ4v) is 2.88. The number of alkyl halides is 2. The van der Waals surface area contributed by atoms with Crippen LogP contribution in [0.2, 0.25) is 0 Å². The second-order valence-electron chi connectivity index (χ2n) is 5.74. The Balaban J connectivity index is 2.21. The third kappa shape index (κ3) is 3.74. The molecule has 1 saturated carbocycles. The molecule has 0 heterocycles. The molecule has 1 aromatic carbocycles. The molecule has 0 radical (unpaired) electrons. The van der Waals surface area contributed by atoms with Crippen LogP contribution in [0.5, 0.6) is 5.75 Å². The lowest BCUT2D eigenvalue weighted by Crippen LogP contribution is -2.35. The first kappa shape index (κ1) is 15.8. The quantitative estimate of drug-likeness (QED) is 0.854. The molecule has 1 aliphatic rings. The fraction of sp³-hybridized carbons (Fsp3) is 0.600. The topological polar surface area (TPSA) is 38.5 Å². The predicted molar refractivity (Wildman–Crippen MR) is 77.3 cm³/mol. The maximum atomic E-state index is 13.6.